The number of fused-ring (bicyclic) bond motifs is 1. The van der Waals surface area contributed by atoms with Crippen molar-refractivity contribution in [2.45, 2.75) is 19.3 Å². The lowest BCUT2D eigenvalue weighted by Crippen LogP contribution is -2.30. The van der Waals surface area contributed by atoms with Crippen LogP contribution in [0.5, 0.6) is 5.75 Å². The second kappa shape index (κ2) is 5.19. The maximum absolute atomic E-state index is 11.8. The van der Waals surface area contributed by atoms with Crippen LogP contribution in [0.25, 0.3) is 0 Å². The minimum Gasteiger partial charge on any atom is -0.497 e. The van der Waals surface area contributed by atoms with E-state index in [-0.39, 0.29) is 11.8 Å². The normalized spacial score (nSPS) is 18.5. The molecular weight excluding hydrogens is 216 g/mol. The summed E-state index contributed by atoms with van der Waals surface area (Å²) in [5.41, 5.74) is 7.53. The number of amides is 1. The van der Waals surface area contributed by atoms with Crippen LogP contribution in [0.2, 0.25) is 0 Å². The number of ether oxygens (including phenoxy) is 1. The van der Waals surface area contributed by atoms with Crippen molar-refractivity contribution in [3.63, 3.8) is 0 Å². The van der Waals surface area contributed by atoms with Gasteiger partial charge in [-0.3, -0.25) is 4.79 Å². The lowest BCUT2D eigenvalue weighted by atomic mass is 9.89. The Hall–Kier alpha value is -1.55. The summed E-state index contributed by atoms with van der Waals surface area (Å²) in [5, 5.41) is 2.93. The molecule has 0 spiro atoms. The van der Waals surface area contributed by atoms with Gasteiger partial charge in [0.25, 0.3) is 0 Å². The van der Waals surface area contributed by atoms with Gasteiger partial charge in [-0.25, -0.2) is 0 Å². The molecule has 0 saturated heterocycles. The summed E-state index contributed by atoms with van der Waals surface area (Å²) in [7, 11) is 1.65. The monoisotopic (exact) mass is 234 g/mol. The smallest absolute Gasteiger partial charge is 0.227 e. The van der Waals surface area contributed by atoms with Crippen LogP contribution >= 0.6 is 0 Å². The van der Waals surface area contributed by atoms with E-state index >= 15 is 0 Å². The molecule has 2 rings (SSSR count). The molecule has 1 aliphatic heterocycles. The predicted octanol–water partition coefficient (Wildman–Crippen LogP) is 1.54. The molecule has 3 N–H and O–H groups in total. The SMILES string of the molecule is COc1ccc2c(c1)CC(CCCN)C(=O)N2. The summed E-state index contributed by atoms with van der Waals surface area (Å²) < 4.78 is 5.19. The highest BCUT2D eigenvalue weighted by molar-refractivity contribution is 5.95. The molecule has 1 unspecified atom stereocenters. The van der Waals surface area contributed by atoms with E-state index < -0.39 is 0 Å². The molecular formula is C13H18N2O2. The fraction of sp³-hybridized carbons (Fsp3) is 0.462. The summed E-state index contributed by atoms with van der Waals surface area (Å²) >= 11 is 0. The van der Waals surface area contributed by atoms with Crippen LogP contribution in [0.3, 0.4) is 0 Å². The second-order valence-electron chi connectivity index (χ2n) is 4.34. The van der Waals surface area contributed by atoms with Gasteiger partial charge in [-0.2, -0.15) is 0 Å². The third-order valence-electron chi connectivity index (χ3n) is 3.16. The number of benzene rings is 1. The molecule has 1 heterocycles. The highest BCUT2D eigenvalue weighted by Gasteiger charge is 2.25. The highest BCUT2D eigenvalue weighted by Crippen LogP contribution is 2.30. The molecule has 92 valence electrons. The first-order valence-electron chi connectivity index (χ1n) is 5.92. The van der Waals surface area contributed by atoms with Crippen LogP contribution in [0, 0.1) is 5.92 Å². The van der Waals surface area contributed by atoms with Gasteiger partial charge in [-0.05, 0) is 49.6 Å². The van der Waals surface area contributed by atoms with E-state index in [2.05, 4.69) is 5.32 Å². The van der Waals surface area contributed by atoms with Crippen molar-refractivity contribution in [2.75, 3.05) is 19.0 Å². The molecule has 0 aliphatic carbocycles. The van der Waals surface area contributed by atoms with Crippen LogP contribution in [0.1, 0.15) is 18.4 Å². The van der Waals surface area contributed by atoms with Crippen molar-refractivity contribution in [3.05, 3.63) is 23.8 Å². The molecule has 4 nitrogen and oxygen atoms in total. The zero-order valence-electron chi connectivity index (χ0n) is 10.0. The third-order valence-corrected chi connectivity index (χ3v) is 3.16. The first kappa shape index (κ1) is 11.9. The Kier molecular flexibility index (Phi) is 3.64. The summed E-state index contributed by atoms with van der Waals surface area (Å²) in [5.74, 6) is 0.978. The largest absolute Gasteiger partial charge is 0.497 e. The van der Waals surface area contributed by atoms with E-state index in [0.29, 0.717) is 6.54 Å². The molecule has 0 aromatic heterocycles. The Bertz CT molecular complexity index is 418. The van der Waals surface area contributed by atoms with Gasteiger partial charge < -0.3 is 15.8 Å². The molecule has 1 aromatic rings. The van der Waals surface area contributed by atoms with E-state index in [1.807, 2.05) is 18.2 Å². The maximum Gasteiger partial charge on any atom is 0.227 e. The average molecular weight is 234 g/mol. The van der Waals surface area contributed by atoms with Crippen molar-refractivity contribution >= 4 is 11.6 Å². The zero-order valence-corrected chi connectivity index (χ0v) is 10.0. The number of rotatable bonds is 4. The van der Waals surface area contributed by atoms with E-state index in [0.717, 1.165) is 36.3 Å². The molecule has 0 fully saturated rings. The first-order chi connectivity index (χ1) is 8.24. The van der Waals surface area contributed by atoms with E-state index in [1.165, 1.54) is 0 Å². The van der Waals surface area contributed by atoms with Crippen LogP contribution in [-0.4, -0.2) is 19.6 Å². The standard InChI is InChI=1S/C13H18N2O2/c1-17-11-4-5-12-10(8-11)7-9(3-2-6-14)13(16)15-12/h4-5,8-9H,2-3,6-7,14H2,1H3,(H,15,16). The summed E-state index contributed by atoms with van der Waals surface area (Å²) in [6.07, 6.45) is 2.51. The number of carbonyl (C=O) groups excluding carboxylic acids is 1. The van der Waals surface area contributed by atoms with Crippen molar-refractivity contribution in [1.82, 2.24) is 0 Å². The van der Waals surface area contributed by atoms with Gasteiger partial charge in [0.05, 0.1) is 7.11 Å². The molecule has 0 saturated carbocycles. The van der Waals surface area contributed by atoms with Crippen LogP contribution in [-0.2, 0) is 11.2 Å². The molecule has 0 bridgehead atoms. The summed E-state index contributed by atoms with van der Waals surface area (Å²) in [4.78, 5) is 11.8. The lowest BCUT2D eigenvalue weighted by molar-refractivity contribution is -0.120. The number of carbonyl (C=O) groups is 1. The minimum absolute atomic E-state index is 0.0400. The Morgan fingerprint density at radius 1 is 1.53 bits per heavy atom. The zero-order chi connectivity index (χ0) is 12.3. The van der Waals surface area contributed by atoms with Crippen LogP contribution < -0.4 is 15.8 Å². The van der Waals surface area contributed by atoms with Gasteiger partial charge in [0.1, 0.15) is 5.75 Å². The maximum atomic E-state index is 11.8. The quantitative estimate of drug-likeness (QED) is 0.830. The highest BCUT2D eigenvalue weighted by atomic mass is 16.5. The average Bonchev–Trinajstić information content (AvgIpc) is 2.35. The number of hydrogen-bond acceptors (Lipinski definition) is 3. The van der Waals surface area contributed by atoms with E-state index in [1.54, 1.807) is 7.11 Å². The molecule has 1 amide bonds. The molecule has 1 aliphatic rings. The number of methoxy groups -OCH3 is 1. The van der Waals surface area contributed by atoms with Crippen molar-refractivity contribution in [3.8, 4) is 5.75 Å². The Balaban J connectivity index is 2.16. The number of anilines is 1. The van der Waals surface area contributed by atoms with E-state index in [4.69, 9.17) is 10.5 Å². The Morgan fingerprint density at radius 2 is 2.35 bits per heavy atom. The molecule has 0 radical (unpaired) electrons. The van der Waals surface area contributed by atoms with Crippen LogP contribution in [0.4, 0.5) is 5.69 Å². The third kappa shape index (κ3) is 2.58. The van der Waals surface area contributed by atoms with Gasteiger partial charge in [0.15, 0.2) is 0 Å². The number of nitrogens with one attached hydrogen (secondary N) is 1. The topological polar surface area (TPSA) is 64.3 Å². The van der Waals surface area contributed by atoms with Crippen molar-refractivity contribution in [2.24, 2.45) is 11.7 Å². The molecule has 17 heavy (non-hydrogen) atoms. The number of hydrogen-bond donors (Lipinski definition) is 2. The molecule has 4 heteroatoms. The number of nitrogens with two attached hydrogens (primary N) is 1. The first-order valence-corrected chi connectivity index (χ1v) is 5.92. The fourth-order valence-electron chi connectivity index (χ4n) is 2.18. The van der Waals surface area contributed by atoms with Gasteiger partial charge in [0, 0.05) is 11.6 Å². The van der Waals surface area contributed by atoms with Crippen molar-refractivity contribution in [1.29, 1.82) is 0 Å². The van der Waals surface area contributed by atoms with Gasteiger partial charge in [0.2, 0.25) is 5.91 Å². The Labute approximate surface area is 101 Å². The minimum atomic E-state index is 0.0400. The Morgan fingerprint density at radius 3 is 3.06 bits per heavy atom. The summed E-state index contributed by atoms with van der Waals surface area (Å²) in [6, 6.07) is 5.74. The molecule has 1 atom stereocenters. The summed E-state index contributed by atoms with van der Waals surface area (Å²) in [6.45, 7) is 0.634. The van der Waals surface area contributed by atoms with Gasteiger partial charge in [-0.15, -0.1) is 0 Å². The van der Waals surface area contributed by atoms with Crippen LogP contribution in [0.15, 0.2) is 18.2 Å². The second-order valence-corrected chi connectivity index (χ2v) is 4.34. The van der Waals surface area contributed by atoms with Crippen molar-refractivity contribution < 1.29 is 9.53 Å². The lowest BCUT2D eigenvalue weighted by Gasteiger charge is -2.24. The fourth-order valence-corrected chi connectivity index (χ4v) is 2.18. The van der Waals surface area contributed by atoms with Gasteiger partial charge >= 0.3 is 0 Å². The molecule has 1 aromatic carbocycles. The predicted molar refractivity (Wildman–Crippen MR) is 67.1 cm³/mol. The van der Waals surface area contributed by atoms with E-state index in [9.17, 15) is 4.79 Å². The van der Waals surface area contributed by atoms with Gasteiger partial charge in [-0.1, -0.05) is 0 Å².